The van der Waals surface area contributed by atoms with Gasteiger partial charge in [-0.25, -0.2) is 4.98 Å². The van der Waals surface area contributed by atoms with Gasteiger partial charge in [-0.1, -0.05) is 0 Å². The van der Waals surface area contributed by atoms with E-state index in [-0.39, 0.29) is 17.9 Å². The van der Waals surface area contributed by atoms with Gasteiger partial charge in [0.25, 0.3) is 0 Å². The molecular weight excluding hydrogens is 306 g/mol. The molecule has 7 nitrogen and oxygen atoms in total. The van der Waals surface area contributed by atoms with Gasteiger partial charge in [0.15, 0.2) is 5.65 Å². The molecule has 24 heavy (non-hydrogen) atoms. The molecule has 3 rings (SSSR count). The monoisotopic (exact) mass is 331 g/mol. The van der Waals surface area contributed by atoms with Crippen LogP contribution in [0.5, 0.6) is 0 Å². The molecule has 1 saturated heterocycles. The summed E-state index contributed by atoms with van der Waals surface area (Å²) in [6, 6.07) is 3.53. The smallest absolute Gasteiger partial charge is 0.323 e. The van der Waals surface area contributed by atoms with Crippen LogP contribution in [0.4, 0.5) is 5.82 Å². The first-order valence-corrected chi connectivity index (χ1v) is 8.28. The molecule has 3 heterocycles. The number of aromatic nitrogens is 3. The Labute approximate surface area is 141 Å². The van der Waals surface area contributed by atoms with Crippen LogP contribution < -0.4 is 5.73 Å². The first kappa shape index (κ1) is 16.7. The summed E-state index contributed by atoms with van der Waals surface area (Å²) in [4.78, 5) is 19.1. The number of esters is 1. The van der Waals surface area contributed by atoms with Crippen molar-refractivity contribution < 1.29 is 9.53 Å². The van der Waals surface area contributed by atoms with Gasteiger partial charge in [0, 0.05) is 24.6 Å². The summed E-state index contributed by atoms with van der Waals surface area (Å²) in [5.74, 6) is 0.676. The third kappa shape index (κ3) is 3.36. The van der Waals surface area contributed by atoms with Crippen LogP contribution in [-0.2, 0) is 9.53 Å². The number of nitrogens with two attached hydrogens (primary N) is 1. The molecule has 130 valence electrons. The molecule has 2 atom stereocenters. The van der Waals surface area contributed by atoms with E-state index in [4.69, 9.17) is 10.5 Å². The third-order valence-electron chi connectivity index (χ3n) is 4.33. The second-order valence-electron chi connectivity index (χ2n) is 7.47. The van der Waals surface area contributed by atoms with Crippen LogP contribution in [-0.4, -0.2) is 50.7 Å². The van der Waals surface area contributed by atoms with Crippen molar-refractivity contribution in [1.82, 2.24) is 19.5 Å². The Hall–Kier alpha value is -2.15. The van der Waals surface area contributed by atoms with Gasteiger partial charge in [-0.15, -0.1) is 0 Å². The first-order valence-electron chi connectivity index (χ1n) is 8.28. The van der Waals surface area contributed by atoms with Crippen molar-refractivity contribution in [2.45, 2.75) is 51.2 Å². The van der Waals surface area contributed by atoms with Gasteiger partial charge in [0.05, 0.1) is 11.9 Å². The summed E-state index contributed by atoms with van der Waals surface area (Å²) in [6.45, 7) is 6.43. The normalized spacial score (nSPS) is 22.7. The summed E-state index contributed by atoms with van der Waals surface area (Å²) in [5, 5.41) is 4.15. The minimum atomic E-state index is -0.460. The molecule has 0 radical (unpaired) electrons. The van der Waals surface area contributed by atoms with Gasteiger partial charge < -0.3 is 10.5 Å². The van der Waals surface area contributed by atoms with Crippen molar-refractivity contribution in [3.05, 3.63) is 24.0 Å². The average molecular weight is 331 g/mol. The molecule has 1 aliphatic heterocycles. The van der Waals surface area contributed by atoms with Gasteiger partial charge in [-0.05, 0) is 40.7 Å². The Kier molecular flexibility index (Phi) is 4.21. The molecule has 0 aliphatic carbocycles. The van der Waals surface area contributed by atoms with Crippen molar-refractivity contribution in [3.8, 4) is 0 Å². The molecule has 0 saturated carbocycles. The Balaban J connectivity index is 1.73. The zero-order valence-electron chi connectivity index (χ0n) is 14.7. The Morgan fingerprint density at radius 2 is 2.12 bits per heavy atom. The van der Waals surface area contributed by atoms with E-state index >= 15 is 0 Å². The predicted molar refractivity (Wildman–Crippen MR) is 91.6 cm³/mol. The second-order valence-corrected chi connectivity index (χ2v) is 7.47. The van der Waals surface area contributed by atoms with Crippen LogP contribution in [0.25, 0.3) is 5.65 Å². The van der Waals surface area contributed by atoms with E-state index in [2.05, 4.69) is 15.0 Å². The van der Waals surface area contributed by atoms with Gasteiger partial charge in [0.2, 0.25) is 0 Å². The minimum absolute atomic E-state index is 0.151. The molecular formula is C17H25N5O2. The molecule has 0 spiro atoms. The number of carbonyl (C=O) groups is 1. The zero-order valence-corrected chi connectivity index (χ0v) is 14.7. The molecule has 2 aromatic heterocycles. The molecule has 2 unspecified atom stereocenters. The fraction of sp³-hybridized carbons (Fsp3) is 0.588. The highest BCUT2D eigenvalue weighted by atomic mass is 16.6. The molecule has 7 heteroatoms. The van der Waals surface area contributed by atoms with Crippen LogP contribution in [0.2, 0.25) is 0 Å². The lowest BCUT2D eigenvalue weighted by Crippen LogP contribution is -2.47. The number of hydrogen-bond donors (Lipinski definition) is 1. The summed E-state index contributed by atoms with van der Waals surface area (Å²) < 4.78 is 7.15. The highest BCUT2D eigenvalue weighted by Crippen LogP contribution is 2.30. The lowest BCUT2D eigenvalue weighted by Gasteiger charge is -2.36. The number of fused-ring (bicyclic) bond motifs is 1. The molecule has 2 N–H and O–H groups in total. The van der Waals surface area contributed by atoms with Crippen molar-refractivity contribution in [3.63, 3.8) is 0 Å². The van der Waals surface area contributed by atoms with Crippen LogP contribution in [0, 0.1) is 0 Å². The van der Waals surface area contributed by atoms with Gasteiger partial charge >= 0.3 is 5.97 Å². The number of ether oxygens (including phenoxy) is 1. The second kappa shape index (κ2) is 6.05. The Morgan fingerprint density at radius 3 is 2.79 bits per heavy atom. The number of anilines is 1. The molecule has 1 aliphatic rings. The third-order valence-corrected chi connectivity index (χ3v) is 4.33. The van der Waals surface area contributed by atoms with Gasteiger partial charge in [-0.2, -0.15) is 9.61 Å². The summed E-state index contributed by atoms with van der Waals surface area (Å²) in [6.07, 6.45) is 3.32. The lowest BCUT2D eigenvalue weighted by molar-refractivity contribution is -0.162. The molecule has 1 fully saturated rings. The number of likely N-dealkylation sites (N-methyl/N-ethyl adjacent to an activating group) is 1. The van der Waals surface area contributed by atoms with Crippen molar-refractivity contribution in [2.24, 2.45) is 0 Å². The van der Waals surface area contributed by atoms with Crippen molar-refractivity contribution in [1.29, 1.82) is 0 Å². The van der Waals surface area contributed by atoms with Crippen molar-refractivity contribution >= 4 is 17.4 Å². The number of hydrogen-bond acceptors (Lipinski definition) is 6. The molecule has 0 bridgehead atoms. The maximum absolute atomic E-state index is 12.4. The largest absolute Gasteiger partial charge is 0.459 e. The van der Waals surface area contributed by atoms with Gasteiger partial charge in [-0.3, -0.25) is 9.69 Å². The fourth-order valence-corrected chi connectivity index (χ4v) is 3.22. The zero-order chi connectivity index (χ0) is 17.5. The minimum Gasteiger partial charge on any atom is -0.459 e. The SMILES string of the molecule is CN1CC(c2cc(N)n3nccc3n2)CCC1C(=O)OC(C)(C)C. The average Bonchev–Trinajstić information content (AvgIpc) is 2.94. The van der Waals surface area contributed by atoms with E-state index < -0.39 is 5.60 Å². The van der Waals surface area contributed by atoms with Crippen molar-refractivity contribution in [2.75, 3.05) is 19.3 Å². The Morgan fingerprint density at radius 1 is 1.38 bits per heavy atom. The molecule has 0 amide bonds. The van der Waals surface area contributed by atoms with E-state index in [1.54, 1.807) is 10.7 Å². The fourth-order valence-electron chi connectivity index (χ4n) is 3.22. The topological polar surface area (TPSA) is 85.8 Å². The summed E-state index contributed by atoms with van der Waals surface area (Å²) >= 11 is 0. The van der Waals surface area contributed by atoms with Crippen LogP contribution >= 0.6 is 0 Å². The number of piperidine rings is 1. The lowest BCUT2D eigenvalue weighted by atomic mass is 9.90. The van der Waals surface area contributed by atoms with Crippen LogP contribution in [0.1, 0.15) is 45.2 Å². The van der Waals surface area contributed by atoms with E-state index in [0.29, 0.717) is 5.82 Å². The summed E-state index contributed by atoms with van der Waals surface area (Å²) in [7, 11) is 1.96. The van der Waals surface area contributed by atoms with Crippen LogP contribution in [0.3, 0.4) is 0 Å². The highest BCUT2D eigenvalue weighted by molar-refractivity contribution is 5.76. The van der Waals surface area contributed by atoms with E-state index in [1.165, 1.54) is 0 Å². The van der Waals surface area contributed by atoms with E-state index in [9.17, 15) is 4.79 Å². The summed E-state index contributed by atoms with van der Waals surface area (Å²) in [5.41, 5.74) is 7.31. The molecule has 0 aromatic carbocycles. The highest BCUT2D eigenvalue weighted by Gasteiger charge is 2.34. The number of carbonyl (C=O) groups excluding carboxylic acids is 1. The quantitative estimate of drug-likeness (QED) is 0.845. The number of nitrogens with zero attached hydrogens (tertiary/aromatic N) is 4. The maximum Gasteiger partial charge on any atom is 0.323 e. The number of rotatable bonds is 2. The van der Waals surface area contributed by atoms with E-state index in [0.717, 1.165) is 30.7 Å². The first-order chi connectivity index (χ1) is 11.2. The Bertz CT molecular complexity index is 749. The number of likely N-dealkylation sites (tertiary alicyclic amines) is 1. The van der Waals surface area contributed by atoms with Gasteiger partial charge in [0.1, 0.15) is 17.5 Å². The number of nitrogen functional groups attached to an aromatic ring is 1. The maximum atomic E-state index is 12.4. The van der Waals surface area contributed by atoms with Crippen LogP contribution in [0.15, 0.2) is 18.3 Å². The predicted octanol–water partition coefficient (Wildman–Crippen LogP) is 1.83. The van der Waals surface area contributed by atoms with E-state index in [1.807, 2.05) is 40.0 Å². The molecule has 2 aromatic rings. The standard InChI is InChI=1S/C17H25N5O2/c1-17(2,3)24-16(23)13-6-5-11(10-21(13)4)12-9-14(18)22-15(20-12)7-8-19-22/h7-9,11,13H,5-6,10,18H2,1-4H3.